The Hall–Kier alpha value is -2.29. The number of carbonyl (C=O) groups excluding carboxylic acids is 1. The molecule has 0 bridgehead atoms. The summed E-state index contributed by atoms with van der Waals surface area (Å²) in [5.74, 6) is -0.300. The number of methoxy groups -OCH3 is 1. The van der Waals surface area contributed by atoms with Crippen molar-refractivity contribution >= 4 is 11.7 Å². The minimum Gasteiger partial charge on any atom is -0.465 e. The quantitative estimate of drug-likeness (QED) is 0.398. The van der Waals surface area contributed by atoms with Crippen molar-refractivity contribution in [1.82, 2.24) is 0 Å². The lowest BCUT2D eigenvalue weighted by molar-refractivity contribution is 0.0600. The maximum atomic E-state index is 11.4. The molecule has 3 nitrogen and oxygen atoms in total. The van der Waals surface area contributed by atoms with E-state index in [0.717, 1.165) is 17.8 Å². The second kappa shape index (κ2) is 11.3. The van der Waals surface area contributed by atoms with Crippen molar-refractivity contribution in [2.24, 2.45) is 0 Å². The fourth-order valence-corrected chi connectivity index (χ4v) is 2.98. The Morgan fingerprint density at radius 3 is 2.12 bits per heavy atom. The van der Waals surface area contributed by atoms with Crippen LogP contribution in [0.5, 0.6) is 0 Å². The monoisotopic (exact) mass is 353 g/mol. The van der Waals surface area contributed by atoms with Crippen LogP contribution in [0.1, 0.15) is 66.9 Å². The molecule has 140 valence electrons. The number of unbranched alkanes of at least 4 members (excludes halogenated alkanes) is 5. The molecule has 0 spiro atoms. The number of aryl methyl sites for hydroxylation is 1. The van der Waals surface area contributed by atoms with Gasteiger partial charge in [0.25, 0.3) is 0 Å². The molecule has 0 aliphatic carbocycles. The van der Waals surface area contributed by atoms with Crippen LogP contribution in [0.2, 0.25) is 0 Å². The molecule has 26 heavy (non-hydrogen) atoms. The molecule has 2 aromatic rings. The van der Waals surface area contributed by atoms with Crippen LogP contribution in [-0.4, -0.2) is 13.1 Å². The van der Waals surface area contributed by atoms with Gasteiger partial charge < -0.3 is 10.1 Å². The van der Waals surface area contributed by atoms with Crippen molar-refractivity contribution in [1.29, 1.82) is 0 Å². The Kier molecular flexibility index (Phi) is 8.74. The van der Waals surface area contributed by atoms with Crippen LogP contribution in [-0.2, 0) is 17.7 Å². The lowest BCUT2D eigenvalue weighted by atomic mass is 10.0. The molecule has 0 saturated carbocycles. The summed E-state index contributed by atoms with van der Waals surface area (Å²) >= 11 is 0. The average molecular weight is 354 g/mol. The molecule has 0 fully saturated rings. The van der Waals surface area contributed by atoms with Crippen LogP contribution >= 0.6 is 0 Å². The highest BCUT2D eigenvalue weighted by Gasteiger charge is 2.04. The van der Waals surface area contributed by atoms with E-state index in [2.05, 4.69) is 36.5 Å². The Bertz CT molecular complexity index is 647. The third-order valence-corrected chi connectivity index (χ3v) is 4.64. The van der Waals surface area contributed by atoms with Gasteiger partial charge >= 0.3 is 5.97 Å². The third kappa shape index (κ3) is 6.91. The van der Waals surface area contributed by atoms with Crippen molar-refractivity contribution in [3.8, 4) is 0 Å². The lowest BCUT2D eigenvalue weighted by Gasteiger charge is -2.08. The van der Waals surface area contributed by atoms with Crippen molar-refractivity contribution in [3.63, 3.8) is 0 Å². The normalized spacial score (nSPS) is 10.5. The molecule has 3 heteroatoms. The van der Waals surface area contributed by atoms with E-state index in [9.17, 15) is 4.79 Å². The first-order valence-corrected chi connectivity index (χ1v) is 9.73. The number of hydrogen-bond donors (Lipinski definition) is 1. The number of ether oxygens (including phenoxy) is 1. The highest BCUT2D eigenvalue weighted by atomic mass is 16.5. The van der Waals surface area contributed by atoms with Crippen LogP contribution in [0, 0.1) is 0 Å². The highest BCUT2D eigenvalue weighted by Crippen LogP contribution is 2.15. The molecular formula is C23H31NO2. The number of anilines is 1. The molecule has 1 N–H and O–H groups in total. The van der Waals surface area contributed by atoms with Crippen molar-refractivity contribution in [2.45, 2.75) is 58.4 Å². The highest BCUT2D eigenvalue weighted by molar-refractivity contribution is 5.89. The number of benzene rings is 2. The number of nitrogens with one attached hydrogen (secondary N) is 1. The van der Waals surface area contributed by atoms with Crippen LogP contribution in [0.15, 0.2) is 48.5 Å². The molecule has 0 saturated heterocycles. The molecule has 0 aliphatic rings. The van der Waals surface area contributed by atoms with E-state index in [1.54, 1.807) is 12.1 Å². The third-order valence-electron chi connectivity index (χ3n) is 4.64. The van der Waals surface area contributed by atoms with Gasteiger partial charge in [0, 0.05) is 12.2 Å². The molecule has 0 atom stereocenters. The van der Waals surface area contributed by atoms with Gasteiger partial charge in [-0.05, 0) is 48.2 Å². The molecule has 0 heterocycles. The van der Waals surface area contributed by atoms with E-state index in [1.165, 1.54) is 57.6 Å². The van der Waals surface area contributed by atoms with E-state index in [1.807, 2.05) is 12.1 Å². The summed E-state index contributed by atoms with van der Waals surface area (Å²) < 4.78 is 4.71. The zero-order valence-electron chi connectivity index (χ0n) is 16.1. The van der Waals surface area contributed by atoms with E-state index in [0.29, 0.717) is 5.56 Å². The van der Waals surface area contributed by atoms with Crippen molar-refractivity contribution in [3.05, 3.63) is 65.2 Å². The number of carbonyl (C=O) groups is 1. The second-order valence-electron chi connectivity index (χ2n) is 6.76. The molecule has 0 radical (unpaired) electrons. The standard InChI is InChI=1S/C23H31NO2/c1-3-4-5-6-7-8-9-19-12-16-22(17-13-19)24-18-20-10-14-21(15-11-20)23(25)26-2/h10-17,24H,3-9,18H2,1-2H3. The minimum atomic E-state index is -0.300. The Morgan fingerprint density at radius 2 is 1.46 bits per heavy atom. The second-order valence-corrected chi connectivity index (χ2v) is 6.76. The number of rotatable bonds is 11. The summed E-state index contributed by atoms with van der Waals surface area (Å²) in [5, 5.41) is 3.43. The number of hydrogen-bond acceptors (Lipinski definition) is 3. The smallest absolute Gasteiger partial charge is 0.337 e. The zero-order valence-corrected chi connectivity index (χ0v) is 16.1. The van der Waals surface area contributed by atoms with Crippen molar-refractivity contribution in [2.75, 3.05) is 12.4 Å². The average Bonchev–Trinajstić information content (AvgIpc) is 2.69. The maximum absolute atomic E-state index is 11.4. The minimum absolute atomic E-state index is 0.300. The summed E-state index contributed by atoms with van der Waals surface area (Å²) in [6.07, 6.45) is 9.20. The van der Waals surface area contributed by atoms with Gasteiger partial charge in [0.1, 0.15) is 0 Å². The van der Waals surface area contributed by atoms with Gasteiger partial charge in [0.15, 0.2) is 0 Å². The fraction of sp³-hybridized carbons (Fsp3) is 0.435. The van der Waals surface area contributed by atoms with Gasteiger partial charge in [-0.1, -0.05) is 63.3 Å². The van der Waals surface area contributed by atoms with Gasteiger partial charge in [-0.2, -0.15) is 0 Å². The Morgan fingerprint density at radius 1 is 0.846 bits per heavy atom. The maximum Gasteiger partial charge on any atom is 0.337 e. The largest absolute Gasteiger partial charge is 0.465 e. The van der Waals surface area contributed by atoms with Crippen LogP contribution < -0.4 is 5.32 Å². The summed E-state index contributed by atoms with van der Waals surface area (Å²) in [4.78, 5) is 11.4. The van der Waals surface area contributed by atoms with Gasteiger partial charge in [-0.15, -0.1) is 0 Å². The van der Waals surface area contributed by atoms with E-state index >= 15 is 0 Å². The molecular weight excluding hydrogens is 322 g/mol. The Balaban J connectivity index is 1.72. The first-order valence-electron chi connectivity index (χ1n) is 9.73. The SMILES string of the molecule is CCCCCCCCc1ccc(NCc2ccc(C(=O)OC)cc2)cc1. The molecule has 2 aromatic carbocycles. The number of esters is 1. The predicted molar refractivity (Wildman–Crippen MR) is 109 cm³/mol. The van der Waals surface area contributed by atoms with Gasteiger partial charge in [-0.25, -0.2) is 4.79 Å². The van der Waals surface area contributed by atoms with Gasteiger partial charge in [-0.3, -0.25) is 0 Å². The van der Waals surface area contributed by atoms with Gasteiger partial charge in [0.05, 0.1) is 12.7 Å². The molecule has 0 aromatic heterocycles. The van der Waals surface area contributed by atoms with E-state index in [-0.39, 0.29) is 5.97 Å². The first kappa shape index (κ1) is 20.0. The van der Waals surface area contributed by atoms with Crippen LogP contribution in [0.25, 0.3) is 0 Å². The van der Waals surface area contributed by atoms with E-state index < -0.39 is 0 Å². The summed E-state index contributed by atoms with van der Waals surface area (Å²) in [7, 11) is 1.40. The summed E-state index contributed by atoms with van der Waals surface area (Å²) in [5.41, 5.74) is 4.24. The van der Waals surface area contributed by atoms with Crippen LogP contribution in [0.3, 0.4) is 0 Å². The lowest BCUT2D eigenvalue weighted by Crippen LogP contribution is -2.03. The summed E-state index contributed by atoms with van der Waals surface area (Å²) in [6.45, 7) is 2.99. The van der Waals surface area contributed by atoms with Crippen molar-refractivity contribution < 1.29 is 9.53 Å². The molecule has 2 rings (SSSR count). The van der Waals surface area contributed by atoms with Crippen LogP contribution in [0.4, 0.5) is 5.69 Å². The summed E-state index contributed by atoms with van der Waals surface area (Å²) in [6, 6.07) is 16.2. The fourth-order valence-electron chi connectivity index (χ4n) is 2.98. The molecule has 0 aliphatic heterocycles. The molecule has 0 amide bonds. The topological polar surface area (TPSA) is 38.3 Å². The zero-order chi connectivity index (χ0) is 18.6. The Labute approximate surface area is 157 Å². The first-order chi connectivity index (χ1) is 12.7. The van der Waals surface area contributed by atoms with Gasteiger partial charge in [0.2, 0.25) is 0 Å². The van der Waals surface area contributed by atoms with E-state index in [4.69, 9.17) is 4.74 Å². The predicted octanol–water partition coefficient (Wildman–Crippen LogP) is 5.99. The molecule has 0 unspecified atom stereocenters.